The van der Waals surface area contributed by atoms with Crippen LogP contribution < -0.4 is 5.32 Å². The fourth-order valence-corrected chi connectivity index (χ4v) is 7.37. The van der Waals surface area contributed by atoms with E-state index >= 15 is 0 Å². The molecule has 0 aliphatic carbocycles. The summed E-state index contributed by atoms with van der Waals surface area (Å²) in [5.41, 5.74) is 10.6. The largest absolute Gasteiger partial charge is 0.379 e. The van der Waals surface area contributed by atoms with Crippen molar-refractivity contribution >= 4 is 43.9 Å². The maximum atomic E-state index is 5.44. The first kappa shape index (κ1) is 30.4. The Bertz CT molecular complexity index is 2710. The number of benzene rings is 5. The second-order valence-electron chi connectivity index (χ2n) is 12.4. The van der Waals surface area contributed by atoms with Crippen LogP contribution >= 0.6 is 0 Å². The monoisotopic (exact) mass is 660 g/mol. The minimum Gasteiger partial charge on any atom is -0.379 e. The normalized spacial score (nSPS) is 13.9. The summed E-state index contributed by atoms with van der Waals surface area (Å²) < 4.78 is 6.98. The Kier molecular flexibility index (Phi) is 7.55. The molecule has 5 aromatic carbocycles. The first-order valence-electron chi connectivity index (χ1n) is 17.6. The number of aromatic nitrogens is 5. The summed E-state index contributed by atoms with van der Waals surface area (Å²) in [6.45, 7) is 4.00. The summed E-state index contributed by atoms with van der Waals surface area (Å²) in [7, 11) is 0. The molecule has 1 N–H and O–H groups in total. The number of hydrogen-bond acceptors (Lipinski definition) is 3. The predicted octanol–water partition coefficient (Wildman–Crippen LogP) is 10.9. The van der Waals surface area contributed by atoms with E-state index in [4.69, 9.17) is 9.97 Å². The van der Waals surface area contributed by atoms with Crippen LogP contribution in [0.2, 0.25) is 0 Å². The molecular weight excluding hydrogens is 625 g/mol. The lowest BCUT2D eigenvalue weighted by Gasteiger charge is -2.16. The lowest BCUT2D eigenvalue weighted by atomic mass is 10.1. The quantitative estimate of drug-likeness (QED) is 0.200. The SMILES string of the molecule is C1=CNC(c2ccc(-n3c4ccccc4c4cc5c(cc43)c3c(nc(-c4ccccc4)n3-c3ccccc3)n5-c3ccccc3)cn2)C=C1.CC. The first-order valence-corrected chi connectivity index (χ1v) is 17.6. The number of allylic oxidation sites excluding steroid dienone is 2. The van der Waals surface area contributed by atoms with Crippen LogP contribution in [0.5, 0.6) is 0 Å². The highest BCUT2D eigenvalue weighted by Crippen LogP contribution is 2.41. The minimum absolute atomic E-state index is 0.0555. The summed E-state index contributed by atoms with van der Waals surface area (Å²) >= 11 is 0. The maximum Gasteiger partial charge on any atom is 0.165 e. The highest BCUT2D eigenvalue weighted by atomic mass is 15.2. The lowest BCUT2D eigenvalue weighted by molar-refractivity contribution is 0.720. The van der Waals surface area contributed by atoms with Gasteiger partial charge in [0.05, 0.1) is 40.2 Å². The Morgan fingerprint density at radius 3 is 1.88 bits per heavy atom. The van der Waals surface area contributed by atoms with Gasteiger partial charge in [-0.3, -0.25) is 14.1 Å². The average Bonchev–Trinajstić information content (AvgIpc) is 3.86. The molecule has 1 atom stereocenters. The number of dihydropyridines is 1. The van der Waals surface area contributed by atoms with Gasteiger partial charge in [-0.15, -0.1) is 0 Å². The van der Waals surface area contributed by atoms with Crippen molar-refractivity contribution in [3.05, 3.63) is 176 Å². The molecule has 5 heterocycles. The molecule has 1 aliphatic heterocycles. The molecule has 51 heavy (non-hydrogen) atoms. The molecule has 0 amide bonds. The molecule has 0 radical (unpaired) electrons. The predicted molar refractivity (Wildman–Crippen MR) is 211 cm³/mol. The third-order valence-corrected chi connectivity index (χ3v) is 9.55. The van der Waals surface area contributed by atoms with Gasteiger partial charge in [0.2, 0.25) is 0 Å². The van der Waals surface area contributed by atoms with Crippen molar-refractivity contribution in [3.63, 3.8) is 0 Å². The highest BCUT2D eigenvalue weighted by Gasteiger charge is 2.25. The lowest BCUT2D eigenvalue weighted by Crippen LogP contribution is -2.16. The van der Waals surface area contributed by atoms with Crippen LogP contribution in [-0.2, 0) is 0 Å². The van der Waals surface area contributed by atoms with Gasteiger partial charge in [-0.05, 0) is 66.9 Å². The average molecular weight is 661 g/mol. The molecule has 10 rings (SSSR count). The summed E-state index contributed by atoms with van der Waals surface area (Å²) in [6.07, 6.45) is 10.1. The molecule has 0 fully saturated rings. The van der Waals surface area contributed by atoms with Crippen LogP contribution in [0.1, 0.15) is 25.6 Å². The summed E-state index contributed by atoms with van der Waals surface area (Å²) in [4.78, 5) is 10.4. The second kappa shape index (κ2) is 12.7. The van der Waals surface area contributed by atoms with Crippen LogP contribution in [0, 0.1) is 0 Å². The zero-order valence-electron chi connectivity index (χ0n) is 28.5. The van der Waals surface area contributed by atoms with Crippen molar-refractivity contribution in [1.82, 2.24) is 29.0 Å². The Labute approximate surface area is 296 Å². The number of pyridine rings is 1. The molecule has 0 spiro atoms. The van der Waals surface area contributed by atoms with E-state index in [-0.39, 0.29) is 6.04 Å². The van der Waals surface area contributed by atoms with Crippen molar-refractivity contribution in [2.45, 2.75) is 19.9 Å². The Balaban J connectivity index is 0.00000171. The Hall–Kier alpha value is -6.66. The fraction of sp³-hybridized carbons (Fsp3) is 0.0667. The fourth-order valence-electron chi connectivity index (χ4n) is 7.37. The molecule has 0 saturated heterocycles. The van der Waals surface area contributed by atoms with Crippen molar-refractivity contribution in [2.24, 2.45) is 0 Å². The number of nitrogens with one attached hydrogen (secondary N) is 1. The molecule has 0 saturated carbocycles. The van der Waals surface area contributed by atoms with Gasteiger partial charge in [0.1, 0.15) is 11.3 Å². The van der Waals surface area contributed by atoms with Gasteiger partial charge < -0.3 is 9.88 Å². The van der Waals surface area contributed by atoms with Crippen LogP contribution in [0.4, 0.5) is 0 Å². The molecule has 0 bridgehead atoms. The standard InChI is InChI=1S/C43H30N6.C2H6/c1-4-14-29(15-5-1)42-46-43-41(49(42)31-18-8-3-9-19-31)35-27-39-34(26-40(35)48(43)30-16-6-2-7-17-30)33-20-10-11-22-38(33)47(39)32-23-24-37(45-28-32)36-21-12-13-25-44-36;1-2/h1-28,36,44H;1-2H3. The van der Waals surface area contributed by atoms with E-state index in [1.165, 1.54) is 10.8 Å². The van der Waals surface area contributed by atoms with Crippen molar-refractivity contribution < 1.29 is 0 Å². The zero-order chi connectivity index (χ0) is 34.3. The Morgan fingerprint density at radius 2 is 1.20 bits per heavy atom. The third kappa shape index (κ3) is 4.95. The molecule has 4 aromatic heterocycles. The molecule has 6 heteroatoms. The second-order valence-corrected chi connectivity index (χ2v) is 12.4. The van der Waals surface area contributed by atoms with Gasteiger partial charge in [-0.1, -0.05) is 111 Å². The Morgan fingerprint density at radius 1 is 0.549 bits per heavy atom. The zero-order valence-corrected chi connectivity index (χ0v) is 28.5. The summed E-state index contributed by atoms with van der Waals surface area (Å²) in [5, 5.41) is 6.89. The maximum absolute atomic E-state index is 5.44. The highest BCUT2D eigenvalue weighted by molar-refractivity contribution is 6.18. The van der Waals surface area contributed by atoms with Gasteiger partial charge in [-0.2, -0.15) is 0 Å². The van der Waals surface area contributed by atoms with Gasteiger partial charge in [-0.25, -0.2) is 4.98 Å². The molecule has 246 valence electrons. The van der Waals surface area contributed by atoms with Crippen molar-refractivity contribution in [2.75, 3.05) is 0 Å². The van der Waals surface area contributed by atoms with E-state index in [1.807, 2.05) is 32.3 Å². The van der Waals surface area contributed by atoms with Crippen LogP contribution in [0.15, 0.2) is 170 Å². The van der Waals surface area contributed by atoms with Gasteiger partial charge in [0, 0.05) is 33.1 Å². The summed E-state index contributed by atoms with van der Waals surface area (Å²) in [5.74, 6) is 0.907. The molecular formula is C45H36N6. The van der Waals surface area contributed by atoms with Crippen molar-refractivity contribution in [1.29, 1.82) is 0 Å². The van der Waals surface area contributed by atoms with Gasteiger partial charge >= 0.3 is 0 Å². The number of para-hydroxylation sites is 3. The van der Waals surface area contributed by atoms with Crippen LogP contribution in [0.25, 0.3) is 72.3 Å². The van der Waals surface area contributed by atoms with Crippen LogP contribution in [0.3, 0.4) is 0 Å². The number of nitrogens with zero attached hydrogens (tertiary/aromatic N) is 5. The van der Waals surface area contributed by atoms with E-state index in [0.717, 1.165) is 67.2 Å². The van der Waals surface area contributed by atoms with Crippen LogP contribution in [-0.4, -0.2) is 23.7 Å². The van der Waals surface area contributed by atoms with E-state index in [9.17, 15) is 0 Å². The summed E-state index contributed by atoms with van der Waals surface area (Å²) in [6, 6.07) is 49.3. The third-order valence-electron chi connectivity index (χ3n) is 9.55. The van der Waals surface area contributed by atoms with Gasteiger partial charge in [0.15, 0.2) is 5.65 Å². The number of imidazole rings is 1. The minimum atomic E-state index is 0.0555. The molecule has 9 aromatic rings. The van der Waals surface area contributed by atoms with E-state index in [0.29, 0.717) is 0 Å². The first-order chi connectivity index (χ1) is 25.3. The molecule has 6 nitrogen and oxygen atoms in total. The van der Waals surface area contributed by atoms with Crippen molar-refractivity contribution in [3.8, 4) is 28.5 Å². The number of rotatable bonds is 5. The number of fused-ring (bicyclic) bond motifs is 6. The van der Waals surface area contributed by atoms with E-state index in [2.05, 4.69) is 171 Å². The molecule has 1 aliphatic rings. The van der Waals surface area contributed by atoms with Gasteiger partial charge in [0.25, 0.3) is 0 Å². The number of hydrogen-bond donors (Lipinski definition) is 1. The molecule has 1 unspecified atom stereocenters. The van der Waals surface area contributed by atoms with E-state index in [1.54, 1.807) is 0 Å². The van der Waals surface area contributed by atoms with E-state index < -0.39 is 0 Å². The topological polar surface area (TPSA) is 52.6 Å². The smallest absolute Gasteiger partial charge is 0.165 e.